The van der Waals surface area contributed by atoms with E-state index in [1.54, 1.807) is 42.5 Å². The first kappa shape index (κ1) is 28.1. The Morgan fingerprint density at radius 1 is 1.17 bits per heavy atom. The van der Waals surface area contributed by atoms with Crippen molar-refractivity contribution in [2.24, 2.45) is 10.9 Å². The number of carbonyl (C=O) groups excluding carboxylic acids is 2. The van der Waals surface area contributed by atoms with Gasteiger partial charge in [-0.3, -0.25) is 15.0 Å². The minimum atomic E-state index is -0.546. The van der Waals surface area contributed by atoms with Gasteiger partial charge in [0.25, 0.3) is 0 Å². The summed E-state index contributed by atoms with van der Waals surface area (Å²) in [6.07, 6.45) is 0.598. The molecule has 0 aliphatic carbocycles. The second kappa shape index (κ2) is 13.7. The van der Waals surface area contributed by atoms with Gasteiger partial charge < -0.3 is 19.8 Å². The molecule has 0 saturated carbocycles. The van der Waals surface area contributed by atoms with Gasteiger partial charge in [0, 0.05) is 37.7 Å². The molecular formula is C25H33ClN4O5. The van der Waals surface area contributed by atoms with Crippen molar-refractivity contribution in [3.8, 4) is 5.75 Å². The zero-order valence-electron chi connectivity index (χ0n) is 20.4. The topological polar surface area (TPSA) is 115 Å². The van der Waals surface area contributed by atoms with Gasteiger partial charge in [-0.2, -0.15) is 0 Å². The number of nitrogens with one attached hydrogen (secondary N) is 1. The summed E-state index contributed by atoms with van der Waals surface area (Å²) in [7, 11) is 1.53. The minimum Gasteiger partial charge on any atom is -0.491 e. The van der Waals surface area contributed by atoms with E-state index in [0.717, 1.165) is 16.9 Å². The lowest BCUT2D eigenvalue weighted by Gasteiger charge is -2.25. The maximum absolute atomic E-state index is 12.9. The second-order valence-corrected chi connectivity index (χ2v) is 8.89. The fraction of sp³-hybridized carbons (Fsp3) is 0.400. The SMILES string of the molecule is Cc1cc(N=C(NC(=O)N(C)CC(CO)CO)N(C=O)Cc2ccc(Cl)cc2)ccc1OC(C)C. The van der Waals surface area contributed by atoms with Gasteiger partial charge in [-0.15, -0.1) is 0 Å². The molecule has 0 radical (unpaired) electrons. The predicted octanol–water partition coefficient (Wildman–Crippen LogP) is 3.32. The summed E-state index contributed by atoms with van der Waals surface area (Å²) in [6.45, 7) is 5.49. The van der Waals surface area contributed by atoms with Crippen LogP contribution < -0.4 is 10.1 Å². The zero-order valence-corrected chi connectivity index (χ0v) is 21.2. The first-order valence-corrected chi connectivity index (χ1v) is 11.6. The summed E-state index contributed by atoms with van der Waals surface area (Å²) >= 11 is 5.96. The highest BCUT2D eigenvalue weighted by Gasteiger charge is 2.20. The van der Waals surface area contributed by atoms with Crippen LogP contribution in [-0.2, 0) is 11.3 Å². The van der Waals surface area contributed by atoms with Crippen molar-refractivity contribution < 1.29 is 24.5 Å². The summed E-state index contributed by atoms with van der Waals surface area (Å²) in [5, 5.41) is 21.9. The van der Waals surface area contributed by atoms with Gasteiger partial charge in [0.1, 0.15) is 5.75 Å². The smallest absolute Gasteiger partial charge is 0.323 e. The molecular weight excluding hydrogens is 472 g/mol. The number of rotatable bonds is 10. The molecule has 0 aromatic heterocycles. The second-order valence-electron chi connectivity index (χ2n) is 8.45. The number of carbonyl (C=O) groups is 2. The first-order valence-electron chi connectivity index (χ1n) is 11.2. The number of aryl methyl sites for hydroxylation is 1. The number of aliphatic imine (C=N–C) groups is 1. The number of aliphatic hydroxyl groups is 2. The summed E-state index contributed by atoms with van der Waals surface area (Å²) in [6, 6.07) is 11.8. The fourth-order valence-electron chi connectivity index (χ4n) is 3.16. The molecule has 35 heavy (non-hydrogen) atoms. The Balaban J connectivity index is 2.36. The van der Waals surface area contributed by atoms with Gasteiger partial charge in [-0.05, 0) is 62.2 Å². The molecule has 3 amide bonds. The molecule has 0 saturated heterocycles. The lowest BCUT2D eigenvalue weighted by molar-refractivity contribution is -0.115. The molecule has 0 spiro atoms. The van der Waals surface area contributed by atoms with E-state index in [1.165, 1.54) is 16.8 Å². The van der Waals surface area contributed by atoms with Crippen LogP contribution in [0, 0.1) is 12.8 Å². The van der Waals surface area contributed by atoms with E-state index in [9.17, 15) is 19.8 Å². The van der Waals surface area contributed by atoms with Crippen molar-refractivity contribution in [3.05, 3.63) is 58.6 Å². The van der Waals surface area contributed by atoms with Crippen LogP contribution in [0.2, 0.25) is 5.02 Å². The van der Waals surface area contributed by atoms with Crippen LogP contribution >= 0.6 is 11.6 Å². The van der Waals surface area contributed by atoms with E-state index < -0.39 is 11.9 Å². The Kier molecular flexibility index (Phi) is 11.0. The quantitative estimate of drug-likeness (QED) is 0.261. The van der Waals surface area contributed by atoms with Crippen molar-refractivity contribution in [1.82, 2.24) is 15.1 Å². The molecule has 0 bridgehead atoms. The number of urea groups is 1. The van der Waals surface area contributed by atoms with Crippen LogP contribution in [0.4, 0.5) is 10.5 Å². The predicted molar refractivity (Wildman–Crippen MR) is 136 cm³/mol. The monoisotopic (exact) mass is 504 g/mol. The van der Waals surface area contributed by atoms with Gasteiger partial charge in [0.15, 0.2) is 0 Å². The molecule has 10 heteroatoms. The Labute approximate surface area is 211 Å². The van der Waals surface area contributed by atoms with E-state index in [4.69, 9.17) is 16.3 Å². The summed E-state index contributed by atoms with van der Waals surface area (Å²) in [5.41, 5.74) is 2.16. The standard InChI is InChI=1S/C25H33ClN4O5/c1-17(2)35-23-10-9-22(11-18(23)3)27-24(28-25(34)29(4)12-20(14-31)15-32)30(16-33)13-19-5-7-21(26)8-6-19/h5-11,16-17,20,31-32H,12-15H2,1-4H3,(H,27,28,34). The van der Waals surface area contributed by atoms with Crippen LogP contribution in [0.3, 0.4) is 0 Å². The van der Waals surface area contributed by atoms with E-state index in [2.05, 4.69) is 10.3 Å². The molecule has 3 N–H and O–H groups in total. The number of halogens is 1. The molecule has 0 fully saturated rings. The molecule has 9 nitrogen and oxygen atoms in total. The third-order valence-electron chi connectivity index (χ3n) is 5.04. The number of nitrogens with zero attached hydrogens (tertiary/aromatic N) is 3. The van der Waals surface area contributed by atoms with Crippen LogP contribution in [0.1, 0.15) is 25.0 Å². The van der Waals surface area contributed by atoms with E-state index >= 15 is 0 Å². The van der Waals surface area contributed by atoms with Crippen molar-refractivity contribution in [1.29, 1.82) is 0 Å². The maximum atomic E-state index is 12.9. The van der Waals surface area contributed by atoms with Gasteiger partial charge in [0.2, 0.25) is 12.4 Å². The van der Waals surface area contributed by atoms with Crippen LogP contribution in [0.5, 0.6) is 5.75 Å². The highest BCUT2D eigenvalue weighted by atomic mass is 35.5. The summed E-state index contributed by atoms with van der Waals surface area (Å²) in [4.78, 5) is 32.0. The van der Waals surface area contributed by atoms with Crippen LogP contribution in [0.25, 0.3) is 0 Å². The lowest BCUT2D eigenvalue weighted by atomic mass is 10.2. The molecule has 0 aliphatic rings. The average molecular weight is 505 g/mol. The average Bonchev–Trinajstić information content (AvgIpc) is 2.83. The Bertz CT molecular complexity index is 1010. The molecule has 190 valence electrons. The lowest BCUT2D eigenvalue weighted by Crippen LogP contribution is -2.49. The molecule has 2 aromatic carbocycles. The summed E-state index contributed by atoms with van der Waals surface area (Å²) in [5.74, 6) is 0.253. The fourth-order valence-corrected chi connectivity index (χ4v) is 3.28. The number of aliphatic hydroxyl groups excluding tert-OH is 2. The third-order valence-corrected chi connectivity index (χ3v) is 5.29. The third kappa shape index (κ3) is 8.86. The van der Waals surface area contributed by atoms with Crippen molar-refractivity contribution in [2.45, 2.75) is 33.4 Å². The first-order chi connectivity index (χ1) is 16.7. The highest BCUT2D eigenvalue weighted by molar-refractivity contribution is 6.30. The largest absolute Gasteiger partial charge is 0.491 e. The van der Waals surface area contributed by atoms with Gasteiger partial charge in [0.05, 0.1) is 18.3 Å². The number of amides is 3. The number of benzene rings is 2. The Hall–Kier alpha value is -3.14. The van der Waals surface area contributed by atoms with Crippen molar-refractivity contribution in [2.75, 3.05) is 26.8 Å². The van der Waals surface area contributed by atoms with Crippen molar-refractivity contribution in [3.63, 3.8) is 0 Å². The molecule has 0 aliphatic heterocycles. The van der Waals surface area contributed by atoms with Gasteiger partial charge >= 0.3 is 6.03 Å². The van der Waals surface area contributed by atoms with E-state index in [-0.39, 0.29) is 38.4 Å². The van der Waals surface area contributed by atoms with Crippen molar-refractivity contribution >= 4 is 35.7 Å². The molecule has 2 aromatic rings. The molecule has 2 rings (SSSR count). The number of hydrogen-bond acceptors (Lipinski definition) is 6. The normalized spacial score (nSPS) is 11.5. The number of ether oxygens (including phenoxy) is 1. The molecule has 0 heterocycles. The number of guanidine groups is 1. The zero-order chi connectivity index (χ0) is 26.0. The van der Waals surface area contributed by atoms with Gasteiger partial charge in [-0.25, -0.2) is 9.79 Å². The number of hydrogen-bond donors (Lipinski definition) is 3. The molecule has 0 unspecified atom stereocenters. The van der Waals surface area contributed by atoms with Crippen LogP contribution in [0.15, 0.2) is 47.5 Å². The maximum Gasteiger partial charge on any atom is 0.323 e. The van der Waals surface area contributed by atoms with Crippen LogP contribution in [-0.4, -0.2) is 71.3 Å². The Morgan fingerprint density at radius 2 is 1.83 bits per heavy atom. The minimum absolute atomic E-state index is 0.0139. The van der Waals surface area contributed by atoms with E-state index in [0.29, 0.717) is 17.1 Å². The molecule has 0 atom stereocenters. The summed E-state index contributed by atoms with van der Waals surface area (Å²) < 4.78 is 5.77. The van der Waals surface area contributed by atoms with E-state index in [1.807, 2.05) is 20.8 Å². The highest BCUT2D eigenvalue weighted by Crippen LogP contribution is 2.25. The Morgan fingerprint density at radius 3 is 2.37 bits per heavy atom. The van der Waals surface area contributed by atoms with Gasteiger partial charge in [-0.1, -0.05) is 23.7 Å².